The molecule has 0 saturated heterocycles. The minimum atomic E-state index is -0.317. The summed E-state index contributed by atoms with van der Waals surface area (Å²) in [5.74, 6) is -0.506. The molecule has 0 aliphatic carbocycles. The molecule has 1 aliphatic rings. The van der Waals surface area contributed by atoms with Crippen LogP contribution in [0.5, 0.6) is 0 Å². The number of aromatic nitrogens is 4. The second-order valence-corrected chi connectivity index (χ2v) is 8.57. The number of rotatable bonds is 4. The Hall–Kier alpha value is -4.07. The Balaban J connectivity index is 1.44. The predicted octanol–water partition coefficient (Wildman–Crippen LogP) is 4.07. The van der Waals surface area contributed by atoms with Crippen LogP contribution in [-0.2, 0) is 6.54 Å². The van der Waals surface area contributed by atoms with E-state index in [2.05, 4.69) is 4.98 Å². The smallest absolute Gasteiger partial charge is 0.275 e. The summed E-state index contributed by atoms with van der Waals surface area (Å²) in [6.45, 7) is 6.25. The number of nitrogens with zero attached hydrogens (tertiary/aromatic N) is 5. The molecule has 0 unspecified atom stereocenters. The van der Waals surface area contributed by atoms with Crippen molar-refractivity contribution in [3.05, 3.63) is 99.9 Å². The van der Waals surface area contributed by atoms with Crippen molar-refractivity contribution in [1.29, 1.82) is 0 Å². The monoisotopic (exact) mass is 457 g/mol. The summed E-state index contributed by atoms with van der Waals surface area (Å²) >= 11 is 0. The zero-order valence-corrected chi connectivity index (χ0v) is 19.2. The molecule has 0 bridgehead atoms. The average Bonchev–Trinajstić information content (AvgIpc) is 3.27. The first-order chi connectivity index (χ1) is 16.3. The van der Waals surface area contributed by atoms with Gasteiger partial charge in [-0.3, -0.25) is 14.6 Å². The molecule has 0 spiro atoms. The minimum Gasteiger partial charge on any atom is -0.327 e. The minimum absolute atomic E-state index is 0.224. The number of benzene rings is 1. The predicted molar refractivity (Wildman–Crippen MR) is 126 cm³/mol. The molecule has 7 nitrogen and oxygen atoms in total. The van der Waals surface area contributed by atoms with Crippen LogP contribution >= 0.6 is 0 Å². The fraction of sp³-hybridized carbons (Fsp3) is 0.231. The van der Waals surface area contributed by atoms with E-state index in [9.17, 15) is 14.0 Å². The van der Waals surface area contributed by atoms with Crippen LogP contribution in [0.3, 0.4) is 0 Å². The first-order valence-electron chi connectivity index (χ1n) is 11.1. The van der Waals surface area contributed by atoms with E-state index in [0.717, 1.165) is 5.69 Å². The molecule has 1 aliphatic heterocycles. The maximum Gasteiger partial charge on any atom is 0.275 e. The van der Waals surface area contributed by atoms with E-state index >= 15 is 0 Å². The summed E-state index contributed by atoms with van der Waals surface area (Å²) in [5.41, 5.74) is 3.99. The van der Waals surface area contributed by atoms with Crippen molar-refractivity contribution < 1.29 is 9.18 Å². The van der Waals surface area contributed by atoms with E-state index in [1.165, 1.54) is 10.6 Å². The standard InChI is InChI=1S/C26H24FN5O2/c1-16-7-8-19(13-20(16)27)22-6-4-5-21(29-22)18(3)31-11-12-32-24(26(31)34)10-9-23(25(32)33)30-14-17(2)28-15-30/h4-10,13-15,18H,11-12H2,1-3H3/t18-/m0/s1. The van der Waals surface area contributed by atoms with Crippen molar-refractivity contribution in [3.8, 4) is 16.9 Å². The fourth-order valence-electron chi connectivity index (χ4n) is 4.31. The molecular weight excluding hydrogens is 433 g/mol. The molecule has 4 heterocycles. The van der Waals surface area contributed by atoms with Gasteiger partial charge in [0.05, 0.1) is 29.5 Å². The molecule has 0 radical (unpaired) electrons. The summed E-state index contributed by atoms with van der Waals surface area (Å²) in [5, 5.41) is 0. The van der Waals surface area contributed by atoms with Crippen molar-refractivity contribution in [2.75, 3.05) is 6.54 Å². The molecule has 4 aromatic rings. The second-order valence-electron chi connectivity index (χ2n) is 8.57. The molecule has 1 atom stereocenters. The van der Waals surface area contributed by atoms with Crippen molar-refractivity contribution >= 4 is 5.91 Å². The van der Waals surface area contributed by atoms with Gasteiger partial charge in [0.15, 0.2) is 0 Å². The van der Waals surface area contributed by atoms with Crippen LogP contribution in [0.1, 0.15) is 40.4 Å². The highest BCUT2D eigenvalue weighted by Gasteiger charge is 2.30. The molecule has 0 N–H and O–H groups in total. The maximum atomic E-state index is 14.1. The number of aryl methyl sites for hydroxylation is 2. The third-order valence-corrected chi connectivity index (χ3v) is 6.32. The number of amides is 1. The number of hydrogen-bond acceptors (Lipinski definition) is 4. The number of fused-ring (bicyclic) bond motifs is 1. The molecule has 8 heteroatoms. The molecule has 34 heavy (non-hydrogen) atoms. The topological polar surface area (TPSA) is 73.0 Å². The molecular formula is C26H24FN5O2. The Morgan fingerprint density at radius 3 is 2.59 bits per heavy atom. The number of pyridine rings is 2. The van der Waals surface area contributed by atoms with Gasteiger partial charge in [0, 0.05) is 24.8 Å². The van der Waals surface area contributed by atoms with E-state index in [4.69, 9.17) is 4.98 Å². The van der Waals surface area contributed by atoms with E-state index in [-0.39, 0.29) is 23.3 Å². The quantitative estimate of drug-likeness (QED) is 0.463. The maximum absolute atomic E-state index is 14.1. The first-order valence-corrected chi connectivity index (χ1v) is 11.1. The first kappa shape index (κ1) is 21.8. The fourth-order valence-corrected chi connectivity index (χ4v) is 4.31. The van der Waals surface area contributed by atoms with Crippen molar-refractivity contribution in [3.63, 3.8) is 0 Å². The van der Waals surface area contributed by atoms with Gasteiger partial charge in [0.1, 0.15) is 17.2 Å². The SMILES string of the molecule is Cc1cn(-c2ccc3n(c2=O)CCN([C@@H](C)c2cccc(-c4ccc(C)c(F)c4)n2)C3=O)cn1. The summed E-state index contributed by atoms with van der Waals surface area (Å²) in [4.78, 5) is 37.0. The van der Waals surface area contributed by atoms with Gasteiger partial charge in [-0.25, -0.2) is 9.37 Å². The van der Waals surface area contributed by atoms with Crippen LogP contribution in [0.2, 0.25) is 0 Å². The lowest BCUT2D eigenvalue weighted by Crippen LogP contribution is -2.46. The van der Waals surface area contributed by atoms with Gasteiger partial charge in [0.25, 0.3) is 11.5 Å². The highest BCUT2D eigenvalue weighted by atomic mass is 19.1. The van der Waals surface area contributed by atoms with Gasteiger partial charge in [-0.2, -0.15) is 0 Å². The van der Waals surface area contributed by atoms with Crippen LogP contribution in [0.25, 0.3) is 16.9 Å². The number of carbonyl (C=O) groups excluding carboxylic acids is 1. The van der Waals surface area contributed by atoms with Crippen LogP contribution < -0.4 is 5.56 Å². The van der Waals surface area contributed by atoms with Crippen molar-refractivity contribution in [2.45, 2.75) is 33.4 Å². The Kier molecular flexibility index (Phi) is 5.36. The van der Waals surface area contributed by atoms with Gasteiger partial charge in [-0.15, -0.1) is 0 Å². The lowest BCUT2D eigenvalue weighted by Gasteiger charge is -2.34. The molecule has 1 amide bonds. The zero-order chi connectivity index (χ0) is 24.0. The molecule has 0 fully saturated rings. The van der Waals surface area contributed by atoms with Gasteiger partial charge in [-0.05, 0) is 56.7 Å². The number of halogens is 1. The summed E-state index contributed by atoms with van der Waals surface area (Å²) < 4.78 is 17.3. The highest BCUT2D eigenvalue weighted by molar-refractivity contribution is 5.93. The third kappa shape index (κ3) is 3.71. The van der Waals surface area contributed by atoms with Crippen molar-refractivity contribution in [2.24, 2.45) is 0 Å². The normalized spacial score (nSPS) is 14.2. The van der Waals surface area contributed by atoms with E-state index < -0.39 is 0 Å². The molecule has 3 aromatic heterocycles. The molecule has 0 saturated carbocycles. The van der Waals surface area contributed by atoms with Gasteiger partial charge >= 0.3 is 0 Å². The Morgan fingerprint density at radius 1 is 1.03 bits per heavy atom. The largest absolute Gasteiger partial charge is 0.327 e. The Morgan fingerprint density at radius 2 is 1.85 bits per heavy atom. The van der Waals surface area contributed by atoms with Gasteiger partial charge < -0.3 is 14.0 Å². The Bertz CT molecular complexity index is 1470. The lowest BCUT2D eigenvalue weighted by atomic mass is 10.1. The van der Waals surface area contributed by atoms with Crippen LogP contribution in [0.15, 0.2) is 65.8 Å². The van der Waals surface area contributed by atoms with Gasteiger partial charge in [0.2, 0.25) is 0 Å². The third-order valence-electron chi connectivity index (χ3n) is 6.32. The van der Waals surface area contributed by atoms with E-state index in [1.807, 2.05) is 38.1 Å². The van der Waals surface area contributed by atoms with Gasteiger partial charge in [-0.1, -0.05) is 18.2 Å². The summed E-state index contributed by atoms with van der Waals surface area (Å²) in [6.07, 6.45) is 3.37. The molecule has 5 rings (SSSR count). The summed E-state index contributed by atoms with van der Waals surface area (Å²) in [6, 6.07) is 13.6. The number of hydrogen-bond donors (Lipinski definition) is 0. The number of imidazole rings is 1. The van der Waals surface area contributed by atoms with Crippen LogP contribution in [-0.4, -0.2) is 36.5 Å². The molecule has 1 aromatic carbocycles. The second kappa shape index (κ2) is 8.37. The van der Waals surface area contributed by atoms with Crippen LogP contribution in [0.4, 0.5) is 4.39 Å². The van der Waals surface area contributed by atoms with Crippen LogP contribution in [0, 0.1) is 19.7 Å². The average molecular weight is 458 g/mol. The molecule has 172 valence electrons. The highest BCUT2D eigenvalue weighted by Crippen LogP contribution is 2.27. The zero-order valence-electron chi connectivity index (χ0n) is 19.2. The Labute approximate surface area is 196 Å². The summed E-state index contributed by atoms with van der Waals surface area (Å²) in [7, 11) is 0. The lowest BCUT2D eigenvalue weighted by molar-refractivity contribution is 0.0624. The van der Waals surface area contributed by atoms with Crippen molar-refractivity contribution in [1.82, 2.24) is 24.0 Å². The van der Waals surface area contributed by atoms with E-state index in [1.54, 1.807) is 47.1 Å². The number of carbonyl (C=O) groups is 1. The van der Waals surface area contributed by atoms with E-state index in [0.29, 0.717) is 47.0 Å².